The van der Waals surface area contributed by atoms with Crippen molar-refractivity contribution in [2.24, 2.45) is 0 Å². The van der Waals surface area contributed by atoms with Crippen molar-refractivity contribution in [2.75, 3.05) is 0 Å². The molecule has 3 aromatic carbocycles. The second-order valence-corrected chi connectivity index (χ2v) is 7.26. The molecule has 3 nitrogen and oxygen atoms in total. The van der Waals surface area contributed by atoms with Crippen LogP contribution in [-0.2, 0) is 9.84 Å². The molecule has 0 spiro atoms. The summed E-state index contributed by atoms with van der Waals surface area (Å²) in [6, 6.07) is 15.5. The number of sulfone groups is 1. The number of fused-ring (bicyclic) bond motifs is 1. The molecule has 0 aromatic heterocycles. The van der Waals surface area contributed by atoms with Gasteiger partial charge in [0.05, 0.1) is 4.90 Å². The summed E-state index contributed by atoms with van der Waals surface area (Å²) in [7, 11) is -3.79. The van der Waals surface area contributed by atoms with Gasteiger partial charge in [0.1, 0.15) is 10.6 Å². The first-order valence-electron chi connectivity index (χ1n) is 6.94. The van der Waals surface area contributed by atoms with E-state index in [9.17, 15) is 13.5 Å². The molecular weight excluding hydrogens is 296 g/mol. The Morgan fingerprint density at radius 1 is 0.909 bits per heavy atom. The van der Waals surface area contributed by atoms with Crippen molar-refractivity contribution in [3.05, 3.63) is 65.7 Å². The van der Waals surface area contributed by atoms with E-state index in [-0.39, 0.29) is 15.5 Å². The van der Waals surface area contributed by atoms with Crippen LogP contribution in [0.15, 0.2) is 64.4 Å². The highest BCUT2D eigenvalue weighted by atomic mass is 32.2. The Hall–Kier alpha value is -2.33. The number of phenols is 1. The molecule has 3 rings (SSSR count). The van der Waals surface area contributed by atoms with Crippen molar-refractivity contribution in [3.63, 3.8) is 0 Å². The molecule has 4 heteroatoms. The molecule has 0 heterocycles. The van der Waals surface area contributed by atoms with Gasteiger partial charge in [-0.25, -0.2) is 8.42 Å². The van der Waals surface area contributed by atoms with Crippen LogP contribution < -0.4 is 0 Å². The van der Waals surface area contributed by atoms with E-state index in [2.05, 4.69) is 0 Å². The van der Waals surface area contributed by atoms with Crippen molar-refractivity contribution >= 4 is 20.6 Å². The zero-order chi connectivity index (χ0) is 15.9. The van der Waals surface area contributed by atoms with Crippen LogP contribution in [0.1, 0.15) is 11.1 Å². The minimum atomic E-state index is -3.79. The van der Waals surface area contributed by atoms with Gasteiger partial charge in [-0.15, -0.1) is 0 Å². The SMILES string of the molecule is Cc1ccc(S(=O)(=O)c2c(O)ccc3ccccc23)c(C)c1. The predicted molar refractivity (Wildman–Crippen MR) is 87.0 cm³/mol. The van der Waals surface area contributed by atoms with Gasteiger partial charge in [-0.2, -0.15) is 0 Å². The molecule has 22 heavy (non-hydrogen) atoms. The van der Waals surface area contributed by atoms with E-state index in [0.717, 1.165) is 10.9 Å². The maximum absolute atomic E-state index is 13.0. The maximum Gasteiger partial charge on any atom is 0.211 e. The van der Waals surface area contributed by atoms with E-state index in [1.807, 2.05) is 25.1 Å². The lowest BCUT2D eigenvalue weighted by atomic mass is 10.1. The van der Waals surface area contributed by atoms with Crippen LogP contribution in [0.4, 0.5) is 0 Å². The van der Waals surface area contributed by atoms with Gasteiger partial charge in [-0.05, 0) is 36.9 Å². The third-order valence-corrected chi connectivity index (χ3v) is 5.75. The molecule has 112 valence electrons. The van der Waals surface area contributed by atoms with Gasteiger partial charge in [0.2, 0.25) is 9.84 Å². The van der Waals surface area contributed by atoms with Gasteiger partial charge in [-0.3, -0.25) is 0 Å². The van der Waals surface area contributed by atoms with Crippen molar-refractivity contribution < 1.29 is 13.5 Å². The number of rotatable bonds is 2. The summed E-state index contributed by atoms with van der Waals surface area (Å²) in [5.41, 5.74) is 1.67. The topological polar surface area (TPSA) is 54.4 Å². The zero-order valence-electron chi connectivity index (χ0n) is 12.4. The molecule has 0 radical (unpaired) electrons. The molecule has 0 amide bonds. The molecule has 0 saturated carbocycles. The Balaban J connectivity index is 2.37. The van der Waals surface area contributed by atoms with Gasteiger partial charge in [0.25, 0.3) is 0 Å². The summed E-state index contributed by atoms with van der Waals surface area (Å²) in [4.78, 5) is 0.197. The van der Waals surface area contributed by atoms with Crippen molar-refractivity contribution in [1.82, 2.24) is 0 Å². The van der Waals surface area contributed by atoms with Crippen LogP contribution in [0.25, 0.3) is 10.8 Å². The lowest BCUT2D eigenvalue weighted by Crippen LogP contribution is -2.05. The van der Waals surface area contributed by atoms with E-state index >= 15 is 0 Å². The average molecular weight is 312 g/mol. The Bertz CT molecular complexity index is 973. The second-order valence-electron chi connectivity index (χ2n) is 5.41. The van der Waals surface area contributed by atoms with E-state index in [1.165, 1.54) is 6.07 Å². The fourth-order valence-corrected chi connectivity index (χ4v) is 4.49. The average Bonchev–Trinajstić information content (AvgIpc) is 2.46. The van der Waals surface area contributed by atoms with Crippen molar-refractivity contribution in [1.29, 1.82) is 0 Å². The standard InChI is InChI=1S/C18H16O3S/c1-12-7-10-17(13(2)11-12)22(20,21)18-15-6-4-3-5-14(15)8-9-16(18)19/h3-11,19H,1-2H3. The van der Waals surface area contributed by atoms with E-state index in [4.69, 9.17) is 0 Å². The highest BCUT2D eigenvalue weighted by molar-refractivity contribution is 7.92. The summed E-state index contributed by atoms with van der Waals surface area (Å²) < 4.78 is 26.1. The van der Waals surface area contributed by atoms with Crippen LogP contribution in [0.5, 0.6) is 5.75 Å². The fourth-order valence-electron chi connectivity index (χ4n) is 2.72. The Morgan fingerprint density at radius 2 is 1.64 bits per heavy atom. The minimum absolute atomic E-state index is 0.0300. The molecule has 0 atom stereocenters. The molecule has 0 bridgehead atoms. The monoisotopic (exact) mass is 312 g/mol. The second kappa shape index (κ2) is 5.14. The van der Waals surface area contributed by atoms with Gasteiger partial charge >= 0.3 is 0 Å². The summed E-state index contributed by atoms with van der Waals surface area (Å²) in [5.74, 6) is -0.223. The van der Waals surface area contributed by atoms with Crippen LogP contribution in [-0.4, -0.2) is 13.5 Å². The maximum atomic E-state index is 13.0. The lowest BCUT2D eigenvalue weighted by molar-refractivity contribution is 0.460. The number of aryl methyl sites for hydroxylation is 2. The third-order valence-electron chi connectivity index (χ3n) is 3.75. The summed E-state index contributed by atoms with van der Waals surface area (Å²) in [6.07, 6.45) is 0. The smallest absolute Gasteiger partial charge is 0.211 e. The summed E-state index contributed by atoms with van der Waals surface area (Å²) in [6.45, 7) is 3.68. The Kier molecular flexibility index (Phi) is 3.41. The van der Waals surface area contributed by atoms with Crippen molar-refractivity contribution in [2.45, 2.75) is 23.6 Å². The Labute approximate surface area is 129 Å². The number of hydrogen-bond donors (Lipinski definition) is 1. The van der Waals surface area contributed by atoms with Crippen LogP contribution >= 0.6 is 0 Å². The van der Waals surface area contributed by atoms with E-state index in [0.29, 0.717) is 10.9 Å². The lowest BCUT2D eigenvalue weighted by Gasteiger charge is -2.12. The molecule has 0 saturated heterocycles. The summed E-state index contributed by atoms with van der Waals surface area (Å²) in [5, 5.41) is 11.5. The van der Waals surface area contributed by atoms with Crippen LogP contribution in [0, 0.1) is 13.8 Å². The third kappa shape index (κ3) is 2.25. The highest BCUT2D eigenvalue weighted by Crippen LogP contribution is 2.36. The summed E-state index contributed by atoms with van der Waals surface area (Å²) >= 11 is 0. The Morgan fingerprint density at radius 3 is 2.36 bits per heavy atom. The number of aromatic hydroxyl groups is 1. The minimum Gasteiger partial charge on any atom is -0.507 e. The molecule has 1 N–H and O–H groups in total. The molecular formula is C18H16O3S. The highest BCUT2D eigenvalue weighted by Gasteiger charge is 2.25. The molecule has 0 aliphatic rings. The van der Waals surface area contributed by atoms with Crippen molar-refractivity contribution in [3.8, 4) is 5.75 Å². The zero-order valence-corrected chi connectivity index (χ0v) is 13.2. The van der Waals surface area contributed by atoms with E-state index in [1.54, 1.807) is 37.3 Å². The molecule has 0 fully saturated rings. The van der Waals surface area contributed by atoms with Crippen LogP contribution in [0.3, 0.4) is 0 Å². The number of phenolic OH excluding ortho intramolecular Hbond substituents is 1. The molecule has 0 unspecified atom stereocenters. The van der Waals surface area contributed by atoms with E-state index < -0.39 is 9.84 Å². The van der Waals surface area contributed by atoms with Gasteiger partial charge in [0, 0.05) is 5.39 Å². The first-order valence-corrected chi connectivity index (χ1v) is 8.42. The van der Waals surface area contributed by atoms with Crippen LogP contribution in [0.2, 0.25) is 0 Å². The fraction of sp³-hybridized carbons (Fsp3) is 0.111. The quantitative estimate of drug-likeness (QED) is 0.778. The first kappa shape index (κ1) is 14.6. The predicted octanol–water partition coefficient (Wildman–Crippen LogP) is 4.00. The first-order chi connectivity index (χ1) is 10.4. The normalized spacial score (nSPS) is 11.7. The number of benzene rings is 3. The van der Waals surface area contributed by atoms with Gasteiger partial charge in [0.15, 0.2) is 0 Å². The molecule has 3 aromatic rings. The van der Waals surface area contributed by atoms with Gasteiger partial charge in [-0.1, -0.05) is 48.0 Å². The number of hydrogen-bond acceptors (Lipinski definition) is 3. The van der Waals surface area contributed by atoms with Gasteiger partial charge < -0.3 is 5.11 Å². The largest absolute Gasteiger partial charge is 0.507 e. The molecule has 0 aliphatic carbocycles. The molecule has 0 aliphatic heterocycles.